The highest BCUT2D eigenvalue weighted by molar-refractivity contribution is 7.80. The summed E-state index contributed by atoms with van der Waals surface area (Å²) in [6.45, 7) is 5.16. The lowest BCUT2D eigenvalue weighted by Gasteiger charge is -2.27. The van der Waals surface area contributed by atoms with Crippen LogP contribution < -0.4 is 4.90 Å². The maximum absolute atomic E-state index is 12.3. The van der Waals surface area contributed by atoms with Crippen LogP contribution in [0.4, 0.5) is 5.69 Å². The molecule has 0 aliphatic heterocycles. The molecule has 1 N–H and O–H groups in total. The van der Waals surface area contributed by atoms with Crippen LogP contribution in [0.1, 0.15) is 18.1 Å². The molecule has 0 radical (unpaired) electrons. The van der Waals surface area contributed by atoms with E-state index in [4.69, 9.17) is 5.11 Å². The third-order valence-corrected chi connectivity index (χ3v) is 3.51. The lowest BCUT2D eigenvalue weighted by atomic mass is 10.1. The molecule has 5 heteroatoms. The van der Waals surface area contributed by atoms with Gasteiger partial charge in [-0.2, -0.15) is 12.6 Å². The van der Waals surface area contributed by atoms with Gasteiger partial charge in [0.2, 0.25) is 5.91 Å². The van der Waals surface area contributed by atoms with Crippen molar-refractivity contribution < 1.29 is 14.7 Å². The van der Waals surface area contributed by atoms with E-state index in [0.717, 1.165) is 11.1 Å². The van der Waals surface area contributed by atoms with Gasteiger partial charge in [0.05, 0.1) is 5.69 Å². The maximum atomic E-state index is 12.3. The highest BCUT2D eigenvalue weighted by Crippen LogP contribution is 2.26. The zero-order valence-electron chi connectivity index (χ0n) is 11.4. The minimum Gasteiger partial charge on any atom is -0.480 e. The van der Waals surface area contributed by atoms with Crippen LogP contribution in [0, 0.1) is 19.8 Å². The van der Waals surface area contributed by atoms with Gasteiger partial charge >= 0.3 is 5.97 Å². The molecule has 104 valence electrons. The highest BCUT2D eigenvalue weighted by atomic mass is 32.1. The lowest BCUT2D eigenvalue weighted by molar-refractivity contribution is -0.137. The Morgan fingerprint density at radius 2 is 1.84 bits per heavy atom. The van der Waals surface area contributed by atoms with E-state index in [2.05, 4.69) is 12.6 Å². The van der Waals surface area contributed by atoms with Crippen LogP contribution in [-0.2, 0) is 9.59 Å². The zero-order chi connectivity index (χ0) is 14.6. The van der Waals surface area contributed by atoms with Gasteiger partial charge in [-0.3, -0.25) is 9.59 Å². The third kappa shape index (κ3) is 3.73. The van der Waals surface area contributed by atoms with E-state index in [-0.39, 0.29) is 18.4 Å². The van der Waals surface area contributed by atoms with Gasteiger partial charge in [-0.05, 0) is 25.0 Å². The molecule has 0 aromatic heterocycles. The first-order chi connectivity index (χ1) is 8.88. The lowest BCUT2D eigenvalue weighted by Crippen LogP contribution is -2.40. The second kappa shape index (κ2) is 6.61. The van der Waals surface area contributed by atoms with Crippen molar-refractivity contribution in [2.45, 2.75) is 20.8 Å². The van der Waals surface area contributed by atoms with Crippen molar-refractivity contribution in [3.8, 4) is 0 Å². The largest absolute Gasteiger partial charge is 0.480 e. The Bertz CT molecular complexity index is 467. The molecule has 0 fully saturated rings. The fourth-order valence-corrected chi connectivity index (χ4v) is 2.13. The molecule has 0 saturated heterocycles. The Kier molecular flexibility index (Phi) is 5.42. The monoisotopic (exact) mass is 281 g/mol. The van der Waals surface area contributed by atoms with E-state index in [1.807, 2.05) is 32.0 Å². The van der Waals surface area contributed by atoms with Crippen LogP contribution >= 0.6 is 12.6 Å². The maximum Gasteiger partial charge on any atom is 0.323 e. The van der Waals surface area contributed by atoms with E-state index < -0.39 is 5.97 Å². The molecule has 0 aliphatic carbocycles. The van der Waals surface area contributed by atoms with Crippen LogP contribution in [0.3, 0.4) is 0 Å². The molecule has 1 rings (SSSR count). The predicted molar refractivity (Wildman–Crippen MR) is 78.9 cm³/mol. The zero-order valence-corrected chi connectivity index (χ0v) is 12.3. The summed E-state index contributed by atoms with van der Waals surface area (Å²) in [5.74, 6) is -1.17. The second-order valence-corrected chi connectivity index (χ2v) is 5.01. The molecule has 0 spiro atoms. The molecule has 1 amide bonds. The molecule has 0 unspecified atom stereocenters. The molecule has 0 saturated carbocycles. The first kappa shape index (κ1) is 15.6. The first-order valence-electron chi connectivity index (χ1n) is 6.08. The third-order valence-electron chi connectivity index (χ3n) is 2.96. The summed E-state index contributed by atoms with van der Waals surface area (Å²) in [5.41, 5.74) is 2.46. The molecular formula is C14H19NO3S. The van der Waals surface area contributed by atoms with Crippen molar-refractivity contribution in [1.29, 1.82) is 0 Å². The minimum atomic E-state index is -1.03. The number of para-hydroxylation sites is 1. The number of aliphatic carboxylic acids is 1. The average Bonchev–Trinajstić information content (AvgIpc) is 2.35. The minimum absolute atomic E-state index is 0.213. The van der Waals surface area contributed by atoms with Gasteiger partial charge < -0.3 is 10.0 Å². The molecule has 1 aromatic carbocycles. The molecule has 1 atom stereocenters. The SMILES string of the molecule is Cc1cccc(C)c1N(CC(=O)O)C(=O)[C@H](C)CS. The van der Waals surface area contributed by atoms with Crippen molar-refractivity contribution in [3.05, 3.63) is 29.3 Å². The first-order valence-corrected chi connectivity index (χ1v) is 6.72. The topological polar surface area (TPSA) is 57.6 Å². The normalized spacial score (nSPS) is 12.0. The predicted octanol–water partition coefficient (Wildman–Crippen LogP) is 2.29. The van der Waals surface area contributed by atoms with Crippen LogP contribution in [0.5, 0.6) is 0 Å². The standard InChI is InChI=1S/C14H19NO3S/c1-9-5-4-6-10(2)13(9)15(7-12(16)17)14(18)11(3)8-19/h4-6,11,19H,7-8H2,1-3H3,(H,16,17)/t11-/m1/s1. The van der Waals surface area contributed by atoms with Gasteiger partial charge in [-0.25, -0.2) is 0 Å². The molecule has 1 aromatic rings. The van der Waals surface area contributed by atoms with Crippen LogP contribution in [0.25, 0.3) is 0 Å². The molecule has 4 nitrogen and oxygen atoms in total. The Balaban J connectivity index is 3.24. The van der Waals surface area contributed by atoms with Crippen molar-refractivity contribution in [2.24, 2.45) is 5.92 Å². The van der Waals surface area contributed by atoms with Crippen molar-refractivity contribution in [1.82, 2.24) is 0 Å². The molecule has 0 bridgehead atoms. The smallest absolute Gasteiger partial charge is 0.323 e. The van der Waals surface area contributed by atoms with Gasteiger partial charge in [-0.15, -0.1) is 0 Å². The number of carboxylic acids is 1. The van der Waals surface area contributed by atoms with Crippen molar-refractivity contribution >= 4 is 30.2 Å². The van der Waals surface area contributed by atoms with Gasteiger partial charge in [-0.1, -0.05) is 25.1 Å². The summed E-state index contributed by atoms with van der Waals surface area (Å²) < 4.78 is 0. The summed E-state index contributed by atoms with van der Waals surface area (Å²) in [6.07, 6.45) is 0. The second-order valence-electron chi connectivity index (χ2n) is 4.64. The number of aryl methyl sites for hydroxylation is 2. The average molecular weight is 281 g/mol. The summed E-state index contributed by atoms with van der Waals surface area (Å²) in [5, 5.41) is 9.02. The molecule has 0 aliphatic rings. The number of carboxylic acid groups (broad SMARTS) is 1. The molecule has 19 heavy (non-hydrogen) atoms. The summed E-state index contributed by atoms with van der Waals surface area (Å²) in [7, 11) is 0. The summed E-state index contributed by atoms with van der Waals surface area (Å²) in [4.78, 5) is 24.7. The van der Waals surface area contributed by atoms with Crippen LogP contribution in [0.15, 0.2) is 18.2 Å². The van der Waals surface area contributed by atoms with Gasteiger partial charge in [0, 0.05) is 11.7 Å². The Hall–Kier alpha value is -1.49. The number of benzene rings is 1. The molecule has 0 heterocycles. The van der Waals surface area contributed by atoms with Gasteiger partial charge in [0.1, 0.15) is 6.54 Å². The number of carbonyl (C=O) groups is 2. The van der Waals surface area contributed by atoms with E-state index in [1.54, 1.807) is 6.92 Å². The number of hydrogen-bond acceptors (Lipinski definition) is 3. The van der Waals surface area contributed by atoms with Crippen molar-refractivity contribution in [3.63, 3.8) is 0 Å². The number of carbonyl (C=O) groups excluding carboxylic acids is 1. The number of nitrogens with zero attached hydrogens (tertiary/aromatic N) is 1. The quantitative estimate of drug-likeness (QED) is 0.814. The number of anilines is 1. The Labute approximate surface area is 118 Å². The Morgan fingerprint density at radius 3 is 2.26 bits per heavy atom. The van der Waals surface area contributed by atoms with Crippen LogP contribution in [0.2, 0.25) is 0 Å². The van der Waals surface area contributed by atoms with Crippen molar-refractivity contribution in [2.75, 3.05) is 17.2 Å². The Morgan fingerprint density at radius 1 is 1.32 bits per heavy atom. The fraction of sp³-hybridized carbons (Fsp3) is 0.429. The number of hydrogen-bond donors (Lipinski definition) is 2. The highest BCUT2D eigenvalue weighted by Gasteiger charge is 2.25. The van der Waals surface area contributed by atoms with E-state index >= 15 is 0 Å². The number of thiol groups is 1. The summed E-state index contributed by atoms with van der Waals surface area (Å²) >= 11 is 4.11. The van der Waals surface area contributed by atoms with Gasteiger partial charge in [0.25, 0.3) is 0 Å². The van der Waals surface area contributed by atoms with E-state index in [1.165, 1.54) is 4.90 Å². The number of rotatable bonds is 5. The fourth-order valence-electron chi connectivity index (χ4n) is 1.98. The van der Waals surface area contributed by atoms with Gasteiger partial charge in [0.15, 0.2) is 0 Å². The summed E-state index contributed by atoms with van der Waals surface area (Å²) in [6, 6.07) is 5.63. The van der Waals surface area contributed by atoms with E-state index in [0.29, 0.717) is 11.4 Å². The van der Waals surface area contributed by atoms with E-state index in [9.17, 15) is 9.59 Å². The number of amides is 1. The van der Waals surface area contributed by atoms with Crippen LogP contribution in [-0.4, -0.2) is 29.3 Å². The molecular weight excluding hydrogens is 262 g/mol.